The van der Waals surface area contributed by atoms with Crippen molar-refractivity contribution < 1.29 is 9.90 Å². The van der Waals surface area contributed by atoms with Gasteiger partial charge in [-0.3, -0.25) is 0 Å². The molecule has 0 aromatic heterocycles. The second kappa shape index (κ2) is 5.67. The van der Waals surface area contributed by atoms with Crippen LogP contribution in [0.4, 0.5) is 0 Å². The molecule has 5 rings (SSSR count). The minimum atomic E-state index is -0.868. The monoisotopic (exact) mass is 308 g/mol. The van der Waals surface area contributed by atoms with Crippen molar-refractivity contribution in [2.75, 3.05) is 0 Å². The number of allylic oxidation sites excluding steroid dienone is 3. The van der Waals surface area contributed by atoms with Crippen LogP contribution in [0.5, 0.6) is 0 Å². The number of carbonyl (C=O) groups is 1. The molecule has 4 fully saturated rings. The lowest BCUT2D eigenvalue weighted by Gasteiger charge is -2.51. The molecule has 4 bridgehead atoms. The van der Waals surface area contributed by atoms with E-state index in [1.807, 2.05) is 12.1 Å². The van der Waals surface area contributed by atoms with Gasteiger partial charge in [0.05, 0.1) is 5.56 Å². The zero-order valence-corrected chi connectivity index (χ0v) is 13.7. The fourth-order valence-electron chi connectivity index (χ4n) is 5.25. The van der Waals surface area contributed by atoms with Gasteiger partial charge in [0, 0.05) is 0 Å². The first-order chi connectivity index (χ1) is 11.1. The number of aromatic carboxylic acids is 1. The van der Waals surface area contributed by atoms with Gasteiger partial charge in [0.2, 0.25) is 0 Å². The van der Waals surface area contributed by atoms with Crippen molar-refractivity contribution in [3.8, 4) is 0 Å². The third-order valence-electron chi connectivity index (χ3n) is 6.03. The predicted molar refractivity (Wildman–Crippen MR) is 92.2 cm³/mol. The van der Waals surface area contributed by atoms with Gasteiger partial charge in [-0.05, 0) is 80.4 Å². The molecule has 4 aliphatic rings. The van der Waals surface area contributed by atoms with Crippen molar-refractivity contribution in [3.63, 3.8) is 0 Å². The molecule has 0 heterocycles. The molecule has 2 heteroatoms. The number of carboxylic acid groups (broad SMARTS) is 1. The van der Waals surface area contributed by atoms with E-state index < -0.39 is 5.97 Å². The SMILES string of the molecule is CC(=Cc1ccc(C(=O)O)cc1)C=C1C2CC3CC(C2)CC1C3. The van der Waals surface area contributed by atoms with E-state index in [4.69, 9.17) is 5.11 Å². The first-order valence-corrected chi connectivity index (χ1v) is 8.81. The maximum Gasteiger partial charge on any atom is 0.335 e. The summed E-state index contributed by atoms with van der Waals surface area (Å²) in [7, 11) is 0. The number of rotatable bonds is 3. The van der Waals surface area contributed by atoms with Gasteiger partial charge in [-0.25, -0.2) is 4.79 Å². The molecular weight excluding hydrogens is 284 g/mol. The normalized spacial score (nSPS) is 32.2. The van der Waals surface area contributed by atoms with Crippen LogP contribution in [-0.2, 0) is 0 Å². The lowest BCUT2D eigenvalue weighted by Crippen LogP contribution is -2.40. The largest absolute Gasteiger partial charge is 0.478 e. The van der Waals surface area contributed by atoms with E-state index in [0.29, 0.717) is 5.56 Å². The van der Waals surface area contributed by atoms with Crippen LogP contribution in [0.15, 0.2) is 41.5 Å². The third kappa shape index (κ3) is 2.87. The van der Waals surface area contributed by atoms with Gasteiger partial charge in [0.15, 0.2) is 0 Å². The quantitative estimate of drug-likeness (QED) is 0.836. The summed E-state index contributed by atoms with van der Waals surface area (Å²) < 4.78 is 0. The zero-order valence-electron chi connectivity index (χ0n) is 13.7. The Labute approximate surface area is 137 Å². The van der Waals surface area contributed by atoms with Gasteiger partial charge in [-0.15, -0.1) is 0 Å². The van der Waals surface area contributed by atoms with E-state index in [0.717, 1.165) is 29.2 Å². The Hall–Kier alpha value is -1.83. The van der Waals surface area contributed by atoms with Crippen LogP contribution in [0.3, 0.4) is 0 Å². The Morgan fingerprint density at radius 3 is 2.09 bits per heavy atom. The smallest absolute Gasteiger partial charge is 0.335 e. The summed E-state index contributed by atoms with van der Waals surface area (Å²) in [5.41, 5.74) is 4.41. The van der Waals surface area contributed by atoms with Gasteiger partial charge in [0.1, 0.15) is 0 Å². The summed E-state index contributed by atoms with van der Waals surface area (Å²) in [4.78, 5) is 10.9. The van der Waals surface area contributed by atoms with Gasteiger partial charge >= 0.3 is 5.97 Å². The topological polar surface area (TPSA) is 37.3 Å². The van der Waals surface area contributed by atoms with Gasteiger partial charge in [0.25, 0.3) is 0 Å². The fourth-order valence-corrected chi connectivity index (χ4v) is 5.25. The van der Waals surface area contributed by atoms with Crippen LogP contribution in [0.25, 0.3) is 6.08 Å². The number of carboxylic acids is 1. The molecule has 0 spiro atoms. The van der Waals surface area contributed by atoms with Crippen molar-refractivity contribution in [2.45, 2.75) is 39.0 Å². The van der Waals surface area contributed by atoms with E-state index in [1.54, 1.807) is 17.7 Å². The van der Waals surface area contributed by atoms with Crippen LogP contribution < -0.4 is 0 Å². The molecule has 2 nitrogen and oxygen atoms in total. The Balaban J connectivity index is 1.54. The van der Waals surface area contributed by atoms with Crippen molar-refractivity contribution in [3.05, 3.63) is 52.6 Å². The summed E-state index contributed by atoms with van der Waals surface area (Å²) in [5, 5.41) is 8.97. The lowest BCUT2D eigenvalue weighted by atomic mass is 9.54. The molecule has 23 heavy (non-hydrogen) atoms. The van der Waals surface area contributed by atoms with Crippen LogP contribution in [0.1, 0.15) is 54.9 Å². The first-order valence-electron chi connectivity index (χ1n) is 8.81. The van der Waals surface area contributed by atoms with Crippen molar-refractivity contribution in [2.24, 2.45) is 23.7 Å². The summed E-state index contributed by atoms with van der Waals surface area (Å²) in [6, 6.07) is 7.14. The maximum absolute atomic E-state index is 10.9. The van der Waals surface area contributed by atoms with E-state index in [1.165, 1.54) is 37.7 Å². The van der Waals surface area contributed by atoms with Crippen LogP contribution in [0.2, 0.25) is 0 Å². The van der Waals surface area contributed by atoms with Gasteiger partial charge in [-0.1, -0.05) is 35.4 Å². The predicted octanol–water partition coefficient (Wildman–Crippen LogP) is 5.17. The molecule has 0 atom stereocenters. The highest BCUT2D eigenvalue weighted by Crippen LogP contribution is 2.56. The molecule has 1 N–H and O–H groups in total. The number of benzene rings is 1. The maximum atomic E-state index is 10.9. The van der Waals surface area contributed by atoms with Gasteiger partial charge < -0.3 is 5.11 Å². The third-order valence-corrected chi connectivity index (χ3v) is 6.03. The van der Waals surface area contributed by atoms with Crippen LogP contribution in [0, 0.1) is 23.7 Å². The summed E-state index contributed by atoms with van der Waals surface area (Å²) in [6.07, 6.45) is 11.8. The van der Waals surface area contributed by atoms with Crippen LogP contribution >= 0.6 is 0 Å². The molecule has 1 aromatic carbocycles. The minimum absolute atomic E-state index is 0.346. The Morgan fingerprint density at radius 2 is 1.57 bits per heavy atom. The second-order valence-electron chi connectivity index (χ2n) is 7.76. The fraction of sp³-hybridized carbons (Fsp3) is 0.476. The van der Waals surface area contributed by atoms with Gasteiger partial charge in [-0.2, -0.15) is 0 Å². The van der Waals surface area contributed by atoms with E-state index in [9.17, 15) is 4.79 Å². The standard InChI is InChI=1S/C21H24O2/c1-13(6-14-2-4-17(5-3-14)21(22)23)7-20-18-9-15-8-16(11-18)12-19(20)10-15/h2-7,15-16,18-19H,8-12H2,1H3,(H,22,23). The Kier molecular flexibility index (Phi) is 3.63. The molecule has 4 aliphatic carbocycles. The summed E-state index contributed by atoms with van der Waals surface area (Å²) >= 11 is 0. The minimum Gasteiger partial charge on any atom is -0.478 e. The highest BCUT2D eigenvalue weighted by atomic mass is 16.4. The second-order valence-corrected chi connectivity index (χ2v) is 7.76. The van der Waals surface area contributed by atoms with E-state index >= 15 is 0 Å². The van der Waals surface area contributed by atoms with E-state index in [-0.39, 0.29) is 0 Å². The molecule has 0 saturated heterocycles. The average molecular weight is 308 g/mol. The average Bonchev–Trinajstić information content (AvgIpc) is 2.50. The lowest BCUT2D eigenvalue weighted by molar-refractivity contribution is 0.0694. The van der Waals surface area contributed by atoms with E-state index in [2.05, 4.69) is 19.1 Å². The van der Waals surface area contributed by atoms with Crippen molar-refractivity contribution >= 4 is 12.0 Å². The first kappa shape index (κ1) is 14.7. The Bertz CT molecular complexity index is 648. The molecule has 0 unspecified atom stereocenters. The molecule has 4 saturated carbocycles. The Morgan fingerprint density at radius 1 is 1.00 bits per heavy atom. The highest BCUT2D eigenvalue weighted by molar-refractivity contribution is 5.87. The van der Waals surface area contributed by atoms with Crippen LogP contribution in [-0.4, -0.2) is 11.1 Å². The molecular formula is C21H24O2. The number of hydrogen-bond acceptors (Lipinski definition) is 1. The molecule has 0 amide bonds. The zero-order chi connectivity index (χ0) is 16.0. The van der Waals surface area contributed by atoms with Crippen molar-refractivity contribution in [1.29, 1.82) is 0 Å². The summed E-state index contributed by atoms with van der Waals surface area (Å²) in [6.45, 7) is 2.17. The van der Waals surface area contributed by atoms with Crippen molar-refractivity contribution in [1.82, 2.24) is 0 Å². The molecule has 0 radical (unpaired) electrons. The molecule has 120 valence electrons. The highest BCUT2D eigenvalue weighted by Gasteiger charge is 2.44. The molecule has 1 aromatic rings. The molecule has 0 aliphatic heterocycles. The number of hydrogen-bond donors (Lipinski definition) is 1. The summed E-state index contributed by atoms with van der Waals surface area (Å²) in [5.74, 6) is 2.81.